The van der Waals surface area contributed by atoms with Crippen LogP contribution in [0.3, 0.4) is 0 Å². The number of carbonyl (C=O) groups excluding carboxylic acids is 1. The minimum absolute atomic E-state index is 0.200. The third-order valence-electron chi connectivity index (χ3n) is 4.16. The summed E-state index contributed by atoms with van der Waals surface area (Å²) in [6.45, 7) is 0. The molecule has 0 N–H and O–H groups in total. The molecule has 132 valence electrons. The number of fused-ring (bicyclic) bond motifs is 1. The zero-order valence-corrected chi connectivity index (χ0v) is 15.0. The fourth-order valence-electron chi connectivity index (χ4n) is 2.82. The molecule has 0 aliphatic rings. The lowest BCUT2D eigenvalue weighted by Gasteiger charge is -2.13. The first kappa shape index (κ1) is 17.5. The summed E-state index contributed by atoms with van der Waals surface area (Å²) in [4.78, 5) is 12.8. The number of ketones is 1. The van der Waals surface area contributed by atoms with E-state index in [1.165, 1.54) is 20.3 Å². The lowest BCUT2D eigenvalue weighted by Crippen LogP contribution is -2.03. The quantitative estimate of drug-likeness (QED) is 0.476. The first-order chi connectivity index (χ1) is 12.7. The van der Waals surface area contributed by atoms with Gasteiger partial charge in [0, 0.05) is 12.1 Å². The first-order valence-electron chi connectivity index (χ1n) is 8.17. The van der Waals surface area contributed by atoms with Crippen LogP contribution in [-0.2, 0) is 0 Å². The second kappa shape index (κ2) is 7.74. The van der Waals surface area contributed by atoms with Crippen LogP contribution in [0.2, 0.25) is 0 Å². The molecule has 0 bridgehead atoms. The number of allylic oxidation sites excluding steroid dienone is 1. The van der Waals surface area contributed by atoms with Crippen molar-refractivity contribution in [2.45, 2.75) is 0 Å². The molecule has 0 aliphatic carbocycles. The van der Waals surface area contributed by atoms with Gasteiger partial charge < -0.3 is 14.2 Å². The molecule has 3 aromatic rings. The molecule has 0 saturated heterocycles. The van der Waals surface area contributed by atoms with E-state index in [-0.39, 0.29) is 5.78 Å². The Morgan fingerprint density at radius 3 is 2.08 bits per heavy atom. The summed E-state index contributed by atoms with van der Waals surface area (Å²) in [6, 6.07) is 17.5. The number of methoxy groups -OCH3 is 3. The molecular formula is C22H20O4. The topological polar surface area (TPSA) is 44.8 Å². The van der Waals surface area contributed by atoms with Crippen molar-refractivity contribution in [1.29, 1.82) is 0 Å². The van der Waals surface area contributed by atoms with Crippen molar-refractivity contribution in [3.8, 4) is 17.2 Å². The van der Waals surface area contributed by atoms with Crippen molar-refractivity contribution in [3.63, 3.8) is 0 Å². The summed E-state index contributed by atoms with van der Waals surface area (Å²) in [7, 11) is 4.57. The first-order valence-corrected chi connectivity index (χ1v) is 8.17. The van der Waals surface area contributed by atoms with Gasteiger partial charge in [-0.3, -0.25) is 4.79 Å². The second-order valence-electron chi connectivity index (χ2n) is 5.71. The van der Waals surface area contributed by atoms with Crippen molar-refractivity contribution in [3.05, 3.63) is 71.8 Å². The van der Waals surface area contributed by atoms with Crippen LogP contribution >= 0.6 is 0 Å². The molecular weight excluding hydrogens is 328 g/mol. The number of hydrogen-bond acceptors (Lipinski definition) is 4. The molecule has 0 fully saturated rings. The summed E-state index contributed by atoms with van der Waals surface area (Å²) >= 11 is 0. The minimum atomic E-state index is -0.200. The molecule has 0 spiro atoms. The number of ether oxygens (including phenoxy) is 3. The lowest BCUT2D eigenvalue weighted by molar-refractivity contribution is 0.104. The van der Waals surface area contributed by atoms with Gasteiger partial charge >= 0.3 is 0 Å². The van der Waals surface area contributed by atoms with Crippen LogP contribution in [-0.4, -0.2) is 27.1 Å². The predicted octanol–water partition coefficient (Wildman–Crippen LogP) is 4.76. The Hall–Kier alpha value is -3.27. The Balaban J connectivity index is 1.94. The van der Waals surface area contributed by atoms with Gasteiger partial charge in [0.05, 0.1) is 21.3 Å². The summed E-state index contributed by atoms with van der Waals surface area (Å²) in [6.07, 6.45) is 3.31. The molecule has 3 aromatic carbocycles. The third kappa shape index (κ3) is 3.54. The van der Waals surface area contributed by atoms with Crippen LogP contribution in [0.5, 0.6) is 17.2 Å². The Morgan fingerprint density at radius 1 is 0.808 bits per heavy atom. The van der Waals surface area contributed by atoms with Gasteiger partial charge in [-0.15, -0.1) is 0 Å². The van der Waals surface area contributed by atoms with E-state index in [1.807, 2.05) is 36.4 Å². The van der Waals surface area contributed by atoms with Crippen molar-refractivity contribution >= 4 is 22.6 Å². The van der Waals surface area contributed by atoms with E-state index in [0.29, 0.717) is 22.8 Å². The van der Waals surface area contributed by atoms with Crippen LogP contribution in [0.1, 0.15) is 15.9 Å². The van der Waals surface area contributed by atoms with Crippen molar-refractivity contribution in [1.82, 2.24) is 0 Å². The van der Waals surface area contributed by atoms with Crippen LogP contribution in [0.4, 0.5) is 0 Å². The Labute approximate surface area is 152 Å². The molecule has 0 atom stereocenters. The fraction of sp³-hybridized carbons (Fsp3) is 0.136. The van der Waals surface area contributed by atoms with Crippen LogP contribution in [0.25, 0.3) is 16.8 Å². The second-order valence-corrected chi connectivity index (χ2v) is 5.71. The highest BCUT2D eigenvalue weighted by atomic mass is 16.5. The molecule has 4 heteroatoms. The van der Waals surface area contributed by atoms with Gasteiger partial charge in [0.1, 0.15) is 22.8 Å². The summed E-state index contributed by atoms with van der Waals surface area (Å²) in [5.41, 5.74) is 1.32. The van der Waals surface area contributed by atoms with E-state index < -0.39 is 0 Å². The van der Waals surface area contributed by atoms with E-state index in [9.17, 15) is 4.79 Å². The van der Waals surface area contributed by atoms with Gasteiger partial charge in [0.2, 0.25) is 0 Å². The van der Waals surface area contributed by atoms with Crippen molar-refractivity contribution in [2.75, 3.05) is 21.3 Å². The number of carbonyl (C=O) groups is 1. The molecule has 0 heterocycles. The van der Waals surface area contributed by atoms with E-state index in [2.05, 4.69) is 6.07 Å². The van der Waals surface area contributed by atoms with Gasteiger partial charge in [-0.2, -0.15) is 0 Å². The Kier molecular flexibility index (Phi) is 5.23. The summed E-state index contributed by atoms with van der Waals surface area (Å²) < 4.78 is 15.9. The Bertz CT molecular complexity index is 948. The molecule has 0 aromatic heterocycles. The van der Waals surface area contributed by atoms with Crippen molar-refractivity contribution in [2.24, 2.45) is 0 Å². The molecule has 0 saturated carbocycles. The number of rotatable bonds is 6. The predicted molar refractivity (Wildman–Crippen MR) is 103 cm³/mol. The van der Waals surface area contributed by atoms with E-state index in [4.69, 9.17) is 14.2 Å². The SMILES string of the molecule is COc1cc(OC)c(C(=O)/C=C/c2ccc3ccccc3c2)c(OC)c1. The average Bonchev–Trinajstić information content (AvgIpc) is 2.70. The third-order valence-corrected chi connectivity index (χ3v) is 4.16. The molecule has 0 aliphatic heterocycles. The molecule has 0 unspecified atom stereocenters. The summed E-state index contributed by atoms with van der Waals surface area (Å²) in [5, 5.41) is 2.29. The van der Waals surface area contributed by atoms with Crippen LogP contribution < -0.4 is 14.2 Å². The minimum Gasteiger partial charge on any atom is -0.496 e. The molecule has 0 amide bonds. The van der Waals surface area contributed by atoms with E-state index >= 15 is 0 Å². The molecule has 4 nitrogen and oxygen atoms in total. The average molecular weight is 348 g/mol. The highest BCUT2D eigenvalue weighted by Gasteiger charge is 2.18. The molecule has 0 radical (unpaired) electrons. The standard InChI is InChI=1S/C22H20O4/c1-24-18-13-20(25-2)22(21(14-18)26-3)19(23)11-9-15-8-10-16-6-4-5-7-17(16)12-15/h4-14H,1-3H3/b11-9+. The smallest absolute Gasteiger partial charge is 0.193 e. The molecule has 3 rings (SSSR count). The highest BCUT2D eigenvalue weighted by molar-refractivity contribution is 6.10. The maximum Gasteiger partial charge on any atom is 0.193 e. The van der Waals surface area contributed by atoms with Crippen LogP contribution in [0.15, 0.2) is 60.7 Å². The van der Waals surface area contributed by atoms with E-state index in [0.717, 1.165) is 16.3 Å². The maximum absolute atomic E-state index is 12.8. The fourth-order valence-corrected chi connectivity index (χ4v) is 2.82. The molecule has 26 heavy (non-hydrogen) atoms. The van der Waals surface area contributed by atoms with E-state index in [1.54, 1.807) is 25.3 Å². The normalized spacial score (nSPS) is 10.9. The van der Waals surface area contributed by atoms with Crippen molar-refractivity contribution < 1.29 is 19.0 Å². The summed E-state index contributed by atoms with van der Waals surface area (Å²) in [5.74, 6) is 1.19. The van der Waals surface area contributed by atoms with Gasteiger partial charge in [-0.25, -0.2) is 0 Å². The van der Waals surface area contributed by atoms with Gasteiger partial charge in [-0.05, 0) is 28.5 Å². The zero-order valence-electron chi connectivity index (χ0n) is 15.0. The van der Waals surface area contributed by atoms with Crippen LogP contribution in [0, 0.1) is 0 Å². The highest BCUT2D eigenvalue weighted by Crippen LogP contribution is 2.34. The Morgan fingerprint density at radius 2 is 1.46 bits per heavy atom. The number of hydrogen-bond donors (Lipinski definition) is 0. The zero-order chi connectivity index (χ0) is 18.5. The van der Waals surface area contributed by atoms with Gasteiger partial charge in [0.25, 0.3) is 0 Å². The number of benzene rings is 3. The van der Waals surface area contributed by atoms with Gasteiger partial charge in [0.15, 0.2) is 5.78 Å². The largest absolute Gasteiger partial charge is 0.496 e. The lowest BCUT2D eigenvalue weighted by atomic mass is 10.0. The maximum atomic E-state index is 12.8. The monoisotopic (exact) mass is 348 g/mol. The van der Waals surface area contributed by atoms with Gasteiger partial charge in [-0.1, -0.05) is 42.5 Å².